The Bertz CT molecular complexity index is 746. The minimum Gasteiger partial charge on any atom is -0.312 e. The Labute approximate surface area is 133 Å². The fourth-order valence-electron chi connectivity index (χ4n) is 2.59. The molecule has 1 saturated heterocycles. The highest BCUT2D eigenvalue weighted by Gasteiger charge is 2.35. The second kappa shape index (κ2) is 6.16. The number of nitrogens with one attached hydrogen (secondary N) is 1. The van der Waals surface area contributed by atoms with E-state index in [1.807, 2.05) is 13.0 Å². The van der Waals surface area contributed by atoms with E-state index in [4.69, 9.17) is 0 Å². The van der Waals surface area contributed by atoms with Crippen molar-refractivity contribution in [1.82, 2.24) is 4.98 Å². The second-order valence-corrected chi connectivity index (χ2v) is 5.54. The zero-order valence-corrected chi connectivity index (χ0v) is 12.6. The smallest absolute Gasteiger partial charge is 0.230 e. The molecule has 6 heteroatoms. The van der Waals surface area contributed by atoms with Crippen molar-refractivity contribution in [3.8, 4) is 0 Å². The van der Waals surface area contributed by atoms with E-state index in [0.29, 0.717) is 11.5 Å². The van der Waals surface area contributed by atoms with E-state index in [-0.39, 0.29) is 30.6 Å². The zero-order chi connectivity index (χ0) is 16.4. The third-order valence-electron chi connectivity index (χ3n) is 3.89. The number of hydrogen-bond acceptors (Lipinski definition) is 3. The number of pyridine rings is 1. The van der Waals surface area contributed by atoms with Gasteiger partial charge in [0, 0.05) is 24.8 Å². The predicted octanol–water partition coefficient (Wildman–Crippen LogP) is 2.52. The first-order valence-corrected chi connectivity index (χ1v) is 7.33. The van der Waals surface area contributed by atoms with Crippen molar-refractivity contribution in [2.24, 2.45) is 5.92 Å². The summed E-state index contributed by atoms with van der Waals surface area (Å²) in [5.41, 5.74) is 1.46. The quantitative estimate of drug-likeness (QED) is 0.947. The van der Waals surface area contributed by atoms with Crippen molar-refractivity contribution in [2.45, 2.75) is 13.3 Å². The van der Waals surface area contributed by atoms with Crippen LogP contribution in [0.25, 0.3) is 0 Å². The van der Waals surface area contributed by atoms with Gasteiger partial charge in [-0.2, -0.15) is 0 Å². The zero-order valence-electron chi connectivity index (χ0n) is 12.6. The van der Waals surface area contributed by atoms with Gasteiger partial charge in [0.15, 0.2) is 0 Å². The summed E-state index contributed by atoms with van der Waals surface area (Å²) in [6, 6.07) is 9.32. The standard InChI is InChI=1S/C17H16FN3O2/c1-11-3-2-8-19-16(11)20-17(23)12-9-15(22)21(10-12)14-6-4-13(18)5-7-14/h2-8,12H,9-10H2,1H3,(H,19,20,23)/t12-/m1/s1. The molecule has 1 N–H and O–H groups in total. The van der Waals surface area contributed by atoms with Gasteiger partial charge in [-0.1, -0.05) is 6.07 Å². The number of amides is 2. The van der Waals surface area contributed by atoms with E-state index < -0.39 is 5.92 Å². The number of aromatic nitrogens is 1. The molecule has 1 aromatic carbocycles. The maximum absolute atomic E-state index is 13.0. The minimum absolute atomic E-state index is 0.134. The van der Waals surface area contributed by atoms with E-state index in [1.165, 1.54) is 29.2 Å². The Morgan fingerprint density at radius 1 is 1.30 bits per heavy atom. The Hall–Kier alpha value is -2.76. The van der Waals surface area contributed by atoms with Crippen LogP contribution in [0.1, 0.15) is 12.0 Å². The number of halogens is 1. The van der Waals surface area contributed by atoms with Crippen molar-refractivity contribution in [3.05, 3.63) is 54.0 Å². The van der Waals surface area contributed by atoms with Gasteiger partial charge >= 0.3 is 0 Å². The van der Waals surface area contributed by atoms with Crippen LogP contribution >= 0.6 is 0 Å². The van der Waals surface area contributed by atoms with Gasteiger partial charge in [-0.05, 0) is 42.8 Å². The van der Waals surface area contributed by atoms with E-state index in [1.54, 1.807) is 12.3 Å². The van der Waals surface area contributed by atoms with Crippen LogP contribution in [0.5, 0.6) is 0 Å². The van der Waals surface area contributed by atoms with E-state index in [2.05, 4.69) is 10.3 Å². The average Bonchev–Trinajstić information content (AvgIpc) is 2.92. The predicted molar refractivity (Wildman–Crippen MR) is 84.5 cm³/mol. The molecule has 0 unspecified atom stereocenters. The largest absolute Gasteiger partial charge is 0.312 e. The van der Waals surface area contributed by atoms with Gasteiger partial charge < -0.3 is 10.2 Å². The molecule has 1 aliphatic rings. The molecule has 3 rings (SSSR count). The normalized spacial score (nSPS) is 17.4. The lowest BCUT2D eigenvalue weighted by molar-refractivity contribution is -0.122. The Kier molecular flexibility index (Phi) is 4.06. The molecule has 0 aliphatic carbocycles. The molecule has 0 spiro atoms. The summed E-state index contributed by atoms with van der Waals surface area (Å²) in [6.45, 7) is 2.13. The number of anilines is 2. The fourth-order valence-corrected chi connectivity index (χ4v) is 2.59. The lowest BCUT2D eigenvalue weighted by Crippen LogP contribution is -2.28. The molecule has 1 aliphatic heterocycles. The number of hydrogen-bond donors (Lipinski definition) is 1. The molecule has 1 aromatic heterocycles. The van der Waals surface area contributed by atoms with Gasteiger partial charge in [-0.3, -0.25) is 9.59 Å². The first kappa shape index (κ1) is 15.1. The van der Waals surface area contributed by atoms with E-state index in [9.17, 15) is 14.0 Å². The summed E-state index contributed by atoms with van der Waals surface area (Å²) in [4.78, 5) is 30.1. The van der Waals surface area contributed by atoms with Crippen molar-refractivity contribution >= 4 is 23.3 Å². The summed E-state index contributed by atoms with van der Waals surface area (Å²) in [5, 5.41) is 2.76. The van der Waals surface area contributed by atoms with E-state index >= 15 is 0 Å². The third-order valence-corrected chi connectivity index (χ3v) is 3.89. The number of rotatable bonds is 3. The lowest BCUT2D eigenvalue weighted by Gasteiger charge is -2.16. The highest BCUT2D eigenvalue weighted by molar-refractivity contribution is 6.03. The number of nitrogens with zero attached hydrogens (tertiary/aromatic N) is 2. The maximum atomic E-state index is 13.0. The van der Waals surface area contributed by atoms with Gasteiger partial charge in [-0.25, -0.2) is 9.37 Å². The molecule has 0 radical (unpaired) electrons. The number of aryl methyl sites for hydroxylation is 1. The monoisotopic (exact) mass is 313 g/mol. The van der Waals surface area contributed by atoms with Crippen molar-refractivity contribution in [3.63, 3.8) is 0 Å². The summed E-state index contributed by atoms with van der Waals surface area (Å²) >= 11 is 0. The van der Waals surface area contributed by atoms with Crippen molar-refractivity contribution in [2.75, 3.05) is 16.8 Å². The number of carbonyl (C=O) groups excluding carboxylic acids is 2. The molecule has 0 bridgehead atoms. The summed E-state index contributed by atoms with van der Waals surface area (Å²) < 4.78 is 13.0. The minimum atomic E-state index is -0.450. The van der Waals surface area contributed by atoms with Crippen LogP contribution in [-0.2, 0) is 9.59 Å². The second-order valence-electron chi connectivity index (χ2n) is 5.54. The first-order valence-electron chi connectivity index (χ1n) is 7.33. The van der Waals surface area contributed by atoms with Gasteiger partial charge in [-0.15, -0.1) is 0 Å². The molecular weight excluding hydrogens is 297 g/mol. The highest BCUT2D eigenvalue weighted by atomic mass is 19.1. The van der Waals surface area contributed by atoms with Crippen LogP contribution in [0.4, 0.5) is 15.9 Å². The topological polar surface area (TPSA) is 62.3 Å². The lowest BCUT2D eigenvalue weighted by atomic mass is 10.1. The van der Waals surface area contributed by atoms with Crippen LogP contribution in [-0.4, -0.2) is 23.3 Å². The molecule has 1 atom stereocenters. The number of carbonyl (C=O) groups is 2. The summed E-state index contributed by atoms with van der Waals surface area (Å²) in [6.07, 6.45) is 1.74. The van der Waals surface area contributed by atoms with Crippen LogP contribution < -0.4 is 10.2 Å². The Morgan fingerprint density at radius 3 is 2.74 bits per heavy atom. The van der Waals surface area contributed by atoms with Crippen LogP contribution in [0.3, 0.4) is 0 Å². The summed E-state index contributed by atoms with van der Waals surface area (Å²) in [5.74, 6) is -0.682. The van der Waals surface area contributed by atoms with Crippen LogP contribution in [0.15, 0.2) is 42.6 Å². The van der Waals surface area contributed by atoms with E-state index in [0.717, 1.165) is 5.56 Å². The van der Waals surface area contributed by atoms with Crippen LogP contribution in [0, 0.1) is 18.7 Å². The third kappa shape index (κ3) is 3.21. The number of benzene rings is 1. The summed E-state index contributed by atoms with van der Waals surface area (Å²) in [7, 11) is 0. The highest BCUT2D eigenvalue weighted by Crippen LogP contribution is 2.26. The molecular formula is C17H16FN3O2. The molecule has 2 heterocycles. The first-order chi connectivity index (χ1) is 11.0. The Morgan fingerprint density at radius 2 is 2.04 bits per heavy atom. The van der Waals surface area contributed by atoms with Gasteiger partial charge in [0.1, 0.15) is 11.6 Å². The molecule has 23 heavy (non-hydrogen) atoms. The maximum Gasteiger partial charge on any atom is 0.230 e. The van der Waals surface area contributed by atoms with Gasteiger partial charge in [0.2, 0.25) is 11.8 Å². The molecule has 1 fully saturated rings. The SMILES string of the molecule is Cc1cccnc1NC(=O)[C@@H]1CC(=O)N(c2ccc(F)cc2)C1. The molecule has 0 saturated carbocycles. The molecule has 118 valence electrons. The van der Waals surface area contributed by atoms with Crippen molar-refractivity contribution < 1.29 is 14.0 Å². The average molecular weight is 313 g/mol. The fraction of sp³-hybridized carbons (Fsp3) is 0.235. The molecule has 2 amide bonds. The van der Waals surface area contributed by atoms with Gasteiger partial charge in [0.25, 0.3) is 0 Å². The molecule has 5 nitrogen and oxygen atoms in total. The molecule has 2 aromatic rings. The Balaban J connectivity index is 1.71. The van der Waals surface area contributed by atoms with Crippen molar-refractivity contribution in [1.29, 1.82) is 0 Å². The van der Waals surface area contributed by atoms with Gasteiger partial charge in [0.05, 0.1) is 5.92 Å². The van der Waals surface area contributed by atoms with Crippen LogP contribution in [0.2, 0.25) is 0 Å².